The summed E-state index contributed by atoms with van der Waals surface area (Å²) in [6.45, 7) is 3.99. The van der Waals surface area contributed by atoms with Gasteiger partial charge in [0.25, 0.3) is 5.91 Å². The number of hydrogen-bond donors (Lipinski definition) is 1. The number of pyridine rings is 1. The fourth-order valence-electron chi connectivity index (χ4n) is 3.00. The van der Waals surface area contributed by atoms with Gasteiger partial charge in [0.15, 0.2) is 17.3 Å². The lowest BCUT2D eigenvalue weighted by atomic mass is 10.1. The molecule has 6 nitrogen and oxygen atoms in total. The zero-order valence-corrected chi connectivity index (χ0v) is 16.2. The molecule has 30 heavy (non-hydrogen) atoms. The van der Waals surface area contributed by atoms with Crippen molar-refractivity contribution in [1.29, 1.82) is 0 Å². The van der Waals surface area contributed by atoms with Crippen molar-refractivity contribution >= 4 is 11.6 Å². The number of aromatic nitrogens is 4. The maximum Gasteiger partial charge on any atom is 0.278 e. The molecule has 0 saturated heterocycles. The van der Waals surface area contributed by atoms with Crippen LogP contribution in [0, 0.1) is 25.5 Å². The monoisotopic (exact) mass is 405 g/mol. The number of amides is 1. The van der Waals surface area contributed by atoms with E-state index in [1.54, 1.807) is 29.2 Å². The van der Waals surface area contributed by atoms with Crippen LogP contribution in [-0.4, -0.2) is 25.9 Å². The van der Waals surface area contributed by atoms with E-state index in [4.69, 9.17) is 0 Å². The predicted molar refractivity (Wildman–Crippen MR) is 108 cm³/mol. The van der Waals surface area contributed by atoms with Gasteiger partial charge < -0.3 is 5.32 Å². The van der Waals surface area contributed by atoms with Gasteiger partial charge in [-0.25, -0.2) is 13.5 Å². The van der Waals surface area contributed by atoms with E-state index in [1.807, 2.05) is 32.0 Å². The summed E-state index contributed by atoms with van der Waals surface area (Å²) in [4.78, 5) is 17.0. The molecule has 0 fully saturated rings. The summed E-state index contributed by atoms with van der Waals surface area (Å²) in [6.07, 6.45) is 3.22. The molecular weight excluding hydrogens is 388 g/mol. The molecule has 8 heteroatoms. The predicted octanol–water partition coefficient (Wildman–Crippen LogP) is 4.48. The molecule has 2 aromatic carbocycles. The number of benzene rings is 2. The quantitative estimate of drug-likeness (QED) is 0.544. The van der Waals surface area contributed by atoms with Crippen LogP contribution in [0.25, 0.3) is 16.9 Å². The summed E-state index contributed by atoms with van der Waals surface area (Å²) < 4.78 is 28.2. The maximum absolute atomic E-state index is 13.5. The summed E-state index contributed by atoms with van der Waals surface area (Å²) in [6, 6.07) is 12.4. The number of rotatable bonds is 4. The first kappa shape index (κ1) is 19.4. The SMILES string of the molecule is Cc1ccc(-n2nnc(C(=O)Nc3ccc(F)c(F)c3)c2-c2cccnc2)cc1C. The van der Waals surface area contributed by atoms with Crippen molar-refractivity contribution in [3.8, 4) is 16.9 Å². The van der Waals surface area contributed by atoms with E-state index in [0.29, 0.717) is 11.3 Å². The van der Waals surface area contributed by atoms with Gasteiger partial charge in [-0.2, -0.15) is 0 Å². The molecule has 0 bridgehead atoms. The van der Waals surface area contributed by atoms with Crippen LogP contribution in [0.1, 0.15) is 21.6 Å². The highest BCUT2D eigenvalue weighted by molar-refractivity contribution is 6.06. The highest BCUT2D eigenvalue weighted by Gasteiger charge is 2.23. The molecule has 0 spiro atoms. The van der Waals surface area contributed by atoms with E-state index in [0.717, 1.165) is 28.9 Å². The van der Waals surface area contributed by atoms with Gasteiger partial charge in [0.1, 0.15) is 5.69 Å². The number of hydrogen-bond acceptors (Lipinski definition) is 4. The van der Waals surface area contributed by atoms with Crippen molar-refractivity contribution < 1.29 is 13.6 Å². The van der Waals surface area contributed by atoms with E-state index >= 15 is 0 Å². The zero-order chi connectivity index (χ0) is 21.3. The Kier molecular flexibility index (Phi) is 5.05. The Morgan fingerprint density at radius 1 is 1.00 bits per heavy atom. The average molecular weight is 405 g/mol. The minimum atomic E-state index is -1.06. The molecule has 0 radical (unpaired) electrons. The van der Waals surface area contributed by atoms with Gasteiger partial charge in [0.05, 0.1) is 5.69 Å². The molecule has 4 aromatic rings. The van der Waals surface area contributed by atoms with Gasteiger partial charge in [-0.1, -0.05) is 11.3 Å². The van der Waals surface area contributed by atoms with E-state index in [1.165, 1.54) is 6.07 Å². The van der Waals surface area contributed by atoms with Gasteiger partial charge in [-0.05, 0) is 61.4 Å². The Balaban J connectivity index is 1.79. The van der Waals surface area contributed by atoms with Crippen molar-refractivity contribution in [3.63, 3.8) is 0 Å². The molecule has 4 rings (SSSR count). The fraction of sp³-hybridized carbons (Fsp3) is 0.0909. The molecule has 0 atom stereocenters. The summed E-state index contributed by atoms with van der Waals surface area (Å²) >= 11 is 0. The third kappa shape index (κ3) is 3.67. The van der Waals surface area contributed by atoms with Crippen molar-refractivity contribution in [1.82, 2.24) is 20.0 Å². The van der Waals surface area contributed by atoms with Crippen LogP contribution in [0.5, 0.6) is 0 Å². The molecule has 0 aliphatic heterocycles. The third-order valence-electron chi connectivity index (χ3n) is 4.73. The molecule has 150 valence electrons. The Bertz CT molecular complexity index is 1240. The molecule has 2 heterocycles. The maximum atomic E-state index is 13.5. The van der Waals surface area contributed by atoms with Crippen molar-refractivity contribution in [2.45, 2.75) is 13.8 Å². The second kappa shape index (κ2) is 7.82. The lowest BCUT2D eigenvalue weighted by Gasteiger charge is -2.10. The van der Waals surface area contributed by atoms with E-state index in [-0.39, 0.29) is 11.4 Å². The third-order valence-corrected chi connectivity index (χ3v) is 4.73. The van der Waals surface area contributed by atoms with Crippen LogP contribution in [0.3, 0.4) is 0 Å². The summed E-state index contributed by atoms with van der Waals surface area (Å²) in [5, 5.41) is 10.8. The number of anilines is 1. The van der Waals surface area contributed by atoms with E-state index < -0.39 is 17.5 Å². The van der Waals surface area contributed by atoms with Gasteiger partial charge in [0, 0.05) is 29.7 Å². The van der Waals surface area contributed by atoms with Crippen LogP contribution in [0.4, 0.5) is 14.5 Å². The number of carbonyl (C=O) groups is 1. The smallest absolute Gasteiger partial charge is 0.278 e. The van der Waals surface area contributed by atoms with Crippen LogP contribution in [0.2, 0.25) is 0 Å². The standard InChI is InChI=1S/C22H17F2N5O/c1-13-5-7-17(10-14(13)2)29-21(15-4-3-9-25-12-15)20(27-28-29)22(30)26-16-6-8-18(23)19(24)11-16/h3-12H,1-2H3,(H,26,30). The molecule has 0 aliphatic rings. The van der Waals surface area contributed by atoms with Gasteiger partial charge in [-0.15, -0.1) is 5.10 Å². The fourth-order valence-corrected chi connectivity index (χ4v) is 3.00. The number of nitrogens with zero attached hydrogens (tertiary/aromatic N) is 4. The van der Waals surface area contributed by atoms with Gasteiger partial charge >= 0.3 is 0 Å². The number of aryl methyl sites for hydroxylation is 2. The Morgan fingerprint density at radius 2 is 1.83 bits per heavy atom. The topological polar surface area (TPSA) is 72.7 Å². The minimum absolute atomic E-state index is 0.0333. The van der Waals surface area contributed by atoms with E-state index in [2.05, 4.69) is 20.6 Å². The first-order chi connectivity index (χ1) is 14.4. The number of nitrogens with one attached hydrogen (secondary N) is 1. The molecular formula is C22H17F2N5O. The van der Waals surface area contributed by atoms with Crippen molar-refractivity contribution in [3.05, 3.63) is 89.4 Å². The van der Waals surface area contributed by atoms with E-state index in [9.17, 15) is 13.6 Å². The largest absolute Gasteiger partial charge is 0.320 e. The molecule has 0 aliphatic carbocycles. The highest BCUT2D eigenvalue weighted by Crippen LogP contribution is 2.26. The number of carbonyl (C=O) groups excluding carboxylic acids is 1. The van der Waals surface area contributed by atoms with Gasteiger partial charge in [0.2, 0.25) is 0 Å². The van der Waals surface area contributed by atoms with Crippen LogP contribution in [0.15, 0.2) is 60.9 Å². The lowest BCUT2D eigenvalue weighted by molar-refractivity contribution is 0.102. The van der Waals surface area contributed by atoms with Crippen LogP contribution >= 0.6 is 0 Å². The first-order valence-corrected chi connectivity index (χ1v) is 9.14. The molecule has 1 N–H and O–H groups in total. The molecule has 0 saturated carbocycles. The lowest BCUT2D eigenvalue weighted by Crippen LogP contribution is -2.14. The Labute approximate surface area is 171 Å². The van der Waals surface area contributed by atoms with Crippen molar-refractivity contribution in [2.24, 2.45) is 0 Å². The minimum Gasteiger partial charge on any atom is -0.320 e. The summed E-state index contributed by atoms with van der Waals surface area (Å²) in [5.74, 6) is -2.65. The van der Waals surface area contributed by atoms with Gasteiger partial charge in [-0.3, -0.25) is 9.78 Å². The second-order valence-corrected chi connectivity index (χ2v) is 6.79. The summed E-state index contributed by atoms with van der Waals surface area (Å²) in [7, 11) is 0. The van der Waals surface area contributed by atoms with Crippen LogP contribution < -0.4 is 5.32 Å². The molecule has 2 aromatic heterocycles. The highest BCUT2D eigenvalue weighted by atomic mass is 19.2. The number of halogens is 2. The molecule has 1 amide bonds. The zero-order valence-electron chi connectivity index (χ0n) is 16.2. The Hall–Kier alpha value is -3.94. The first-order valence-electron chi connectivity index (χ1n) is 9.14. The average Bonchev–Trinajstić information content (AvgIpc) is 3.19. The van der Waals surface area contributed by atoms with Crippen LogP contribution in [-0.2, 0) is 0 Å². The second-order valence-electron chi connectivity index (χ2n) is 6.79. The normalized spacial score (nSPS) is 10.8. The van der Waals surface area contributed by atoms with Crippen molar-refractivity contribution in [2.75, 3.05) is 5.32 Å². The molecule has 0 unspecified atom stereocenters. The Morgan fingerprint density at radius 3 is 2.53 bits per heavy atom. The summed E-state index contributed by atoms with van der Waals surface area (Å²) in [5.41, 5.74) is 4.13.